The van der Waals surface area contributed by atoms with Gasteiger partial charge in [-0.25, -0.2) is 0 Å². The van der Waals surface area contributed by atoms with Crippen LogP contribution in [0.2, 0.25) is 0 Å². The lowest BCUT2D eigenvalue weighted by Gasteiger charge is -2.10. The van der Waals surface area contributed by atoms with E-state index in [0.29, 0.717) is 6.10 Å². The number of halogens is 2. The molecule has 0 saturated carbocycles. The van der Waals surface area contributed by atoms with E-state index >= 15 is 0 Å². The summed E-state index contributed by atoms with van der Waals surface area (Å²) in [7, 11) is 0. The van der Waals surface area contributed by atoms with Gasteiger partial charge in [0, 0.05) is 32.1 Å². The molecule has 1 N–H and O–H groups in total. The smallest absolute Gasteiger partial charge is 0.0700 e. The highest BCUT2D eigenvalue weighted by Crippen LogP contribution is 2.10. The van der Waals surface area contributed by atoms with Gasteiger partial charge in [-0.05, 0) is 30.5 Å². The van der Waals surface area contributed by atoms with Crippen molar-refractivity contribution in [3.05, 3.63) is 30.1 Å². The number of hydrogen-bond acceptors (Lipinski definition) is 3. The van der Waals surface area contributed by atoms with Gasteiger partial charge in [-0.1, -0.05) is 0 Å². The fraction of sp³-hybridized carbons (Fsp3) is 0.545. The van der Waals surface area contributed by atoms with Crippen LogP contribution in [0.1, 0.15) is 18.4 Å². The van der Waals surface area contributed by atoms with E-state index in [1.807, 2.05) is 24.5 Å². The summed E-state index contributed by atoms with van der Waals surface area (Å²) in [6.07, 6.45) is 6.48. The highest BCUT2D eigenvalue weighted by molar-refractivity contribution is 8.93. The molecule has 1 fully saturated rings. The summed E-state index contributed by atoms with van der Waals surface area (Å²) in [6.45, 7) is 2.80. The molecule has 0 aliphatic carbocycles. The number of nitrogens with zero attached hydrogens (tertiary/aromatic N) is 1. The molecular weight excluding hydrogens is 336 g/mol. The number of aromatic nitrogens is 1. The van der Waals surface area contributed by atoms with Gasteiger partial charge in [-0.15, -0.1) is 34.0 Å². The van der Waals surface area contributed by atoms with Gasteiger partial charge < -0.3 is 10.1 Å². The van der Waals surface area contributed by atoms with Crippen LogP contribution in [0.4, 0.5) is 0 Å². The molecule has 1 aliphatic rings. The first-order valence-electron chi connectivity index (χ1n) is 5.16. The molecule has 5 heteroatoms. The third-order valence-corrected chi connectivity index (χ3v) is 2.47. The molecule has 0 amide bonds. The maximum Gasteiger partial charge on any atom is 0.0700 e. The number of ether oxygens (including phenoxy) is 1. The highest BCUT2D eigenvalue weighted by atomic mass is 79.9. The lowest BCUT2D eigenvalue weighted by Crippen LogP contribution is -2.25. The van der Waals surface area contributed by atoms with Crippen LogP contribution < -0.4 is 5.32 Å². The Balaban J connectivity index is 0.00000112. The Kier molecular flexibility index (Phi) is 9.12. The van der Waals surface area contributed by atoms with Gasteiger partial charge >= 0.3 is 0 Å². The second kappa shape index (κ2) is 9.10. The molecule has 3 nitrogen and oxygen atoms in total. The van der Waals surface area contributed by atoms with Crippen LogP contribution in [-0.2, 0) is 11.3 Å². The number of nitrogens with one attached hydrogen (secondary N) is 1. The summed E-state index contributed by atoms with van der Waals surface area (Å²) < 4.78 is 5.52. The number of rotatable bonds is 4. The molecule has 92 valence electrons. The third-order valence-electron chi connectivity index (χ3n) is 2.47. The Morgan fingerprint density at radius 1 is 1.31 bits per heavy atom. The zero-order valence-corrected chi connectivity index (χ0v) is 12.5. The second-order valence-corrected chi connectivity index (χ2v) is 3.62. The van der Waals surface area contributed by atoms with Crippen molar-refractivity contribution in [1.29, 1.82) is 0 Å². The first kappa shape index (κ1) is 16.0. The fourth-order valence-electron chi connectivity index (χ4n) is 1.68. The van der Waals surface area contributed by atoms with Crippen LogP contribution >= 0.6 is 34.0 Å². The van der Waals surface area contributed by atoms with Crippen LogP contribution in [0.25, 0.3) is 0 Å². The molecule has 1 saturated heterocycles. The van der Waals surface area contributed by atoms with Crippen LogP contribution in [0, 0.1) is 0 Å². The van der Waals surface area contributed by atoms with Gasteiger partial charge in [0.2, 0.25) is 0 Å². The highest BCUT2D eigenvalue weighted by Gasteiger charge is 2.14. The summed E-state index contributed by atoms with van der Waals surface area (Å²) in [6, 6.07) is 4.06. The minimum absolute atomic E-state index is 0. The molecule has 0 radical (unpaired) electrons. The van der Waals surface area contributed by atoms with Crippen LogP contribution in [0.3, 0.4) is 0 Å². The van der Waals surface area contributed by atoms with Crippen molar-refractivity contribution >= 4 is 34.0 Å². The lowest BCUT2D eigenvalue weighted by atomic mass is 10.2. The van der Waals surface area contributed by atoms with E-state index in [9.17, 15) is 0 Å². The second-order valence-electron chi connectivity index (χ2n) is 3.62. The third kappa shape index (κ3) is 5.39. The van der Waals surface area contributed by atoms with Gasteiger partial charge in [-0.2, -0.15) is 0 Å². The first-order chi connectivity index (χ1) is 6.95. The topological polar surface area (TPSA) is 34.1 Å². The Morgan fingerprint density at radius 3 is 2.69 bits per heavy atom. The van der Waals surface area contributed by atoms with Crippen molar-refractivity contribution in [2.24, 2.45) is 0 Å². The normalized spacial score (nSPS) is 18.6. The summed E-state index contributed by atoms with van der Waals surface area (Å²) in [5, 5.41) is 3.39. The average molecular weight is 354 g/mol. The van der Waals surface area contributed by atoms with Crippen LogP contribution in [0.5, 0.6) is 0 Å². The SMILES string of the molecule is Br.Br.c1cc(CNCC2CCCO2)ccn1. The minimum Gasteiger partial charge on any atom is -0.377 e. The molecule has 1 aromatic rings. The number of hydrogen-bond donors (Lipinski definition) is 1. The van der Waals surface area contributed by atoms with E-state index < -0.39 is 0 Å². The Hall–Kier alpha value is 0.0300. The summed E-state index contributed by atoms with van der Waals surface area (Å²) >= 11 is 0. The average Bonchev–Trinajstić information content (AvgIpc) is 2.72. The molecule has 1 atom stereocenters. The quantitative estimate of drug-likeness (QED) is 0.903. The van der Waals surface area contributed by atoms with Crippen molar-refractivity contribution in [3.63, 3.8) is 0 Å². The maximum absolute atomic E-state index is 5.52. The molecule has 0 spiro atoms. The minimum atomic E-state index is 0. The van der Waals surface area contributed by atoms with E-state index in [-0.39, 0.29) is 34.0 Å². The predicted molar refractivity (Wildman–Crippen MR) is 75.6 cm³/mol. The van der Waals surface area contributed by atoms with Crippen molar-refractivity contribution in [2.45, 2.75) is 25.5 Å². The van der Waals surface area contributed by atoms with Gasteiger partial charge in [0.1, 0.15) is 0 Å². The van der Waals surface area contributed by atoms with Gasteiger partial charge in [0.05, 0.1) is 6.10 Å². The molecule has 2 rings (SSSR count). The fourth-order valence-corrected chi connectivity index (χ4v) is 1.68. The van der Waals surface area contributed by atoms with E-state index in [4.69, 9.17) is 4.74 Å². The number of pyridine rings is 1. The van der Waals surface area contributed by atoms with Crippen molar-refractivity contribution in [3.8, 4) is 0 Å². The predicted octanol–water partition coefficient (Wildman–Crippen LogP) is 2.51. The standard InChI is InChI=1S/C11H16N2O.2BrH/c1-2-11(14-7-1)9-13-8-10-3-5-12-6-4-10;;/h3-6,11,13H,1-2,7-9H2;2*1H. The summed E-state index contributed by atoms with van der Waals surface area (Å²) in [5.41, 5.74) is 1.28. The van der Waals surface area contributed by atoms with E-state index in [2.05, 4.69) is 10.3 Å². The van der Waals surface area contributed by atoms with Crippen molar-refractivity contribution < 1.29 is 4.74 Å². The largest absolute Gasteiger partial charge is 0.377 e. The van der Waals surface area contributed by atoms with Gasteiger partial charge in [-0.3, -0.25) is 4.98 Å². The zero-order valence-electron chi connectivity index (χ0n) is 9.09. The summed E-state index contributed by atoms with van der Waals surface area (Å²) in [5.74, 6) is 0. The molecule has 1 unspecified atom stereocenters. The molecule has 16 heavy (non-hydrogen) atoms. The summed E-state index contributed by atoms with van der Waals surface area (Å²) in [4.78, 5) is 3.98. The van der Waals surface area contributed by atoms with Gasteiger partial charge in [0.25, 0.3) is 0 Å². The van der Waals surface area contributed by atoms with E-state index in [0.717, 1.165) is 19.7 Å². The first-order valence-corrected chi connectivity index (χ1v) is 5.16. The van der Waals surface area contributed by atoms with Crippen LogP contribution in [0.15, 0.2) is 24.5 Å². The molecule has 0 bridgehead atoms. The monoisotopic (exact) mass is 352 g/mol. The van der Waals surface area contributed by atoms with Crippen LogP contribution in [-0.4, -0.2) is 24.2 Å². The zero-order chi connectivity index (χ0) is 9.64. The van der Waals surface area contributed by atoms with Crippen molar-refractivity contribution in [1.82, 2.24) is 10.3 Å². The maximum atomic E-state index is 5.52. The Bertz CT molecular complexity index is 266. The molecule has 2 heterocycles. The Labute approximate surface area is 118 Å². The van der Waals surface area contributed by atoms with E-state index in [1.165, 1.54) is 18.4 Å². The molecular formula is C11H18Br2N2O. The van der Waals surface area contributed by atoms with Crippen molar-refractivity contribution in [2.75, 3.05) is 13.2 Å². The lowest BCUT2D eigenvalue weighted by molar-refractivity contribution is 0.110. The molecule has 0 aromatic carbocycles. The van der Waals surface area contributed by atoms with E-state index in [1.54, 1.807) is 0 Å². The molecule has 1 aromatic heterocycles. The Morgan fingerprint density at radius 2 is 2.06 bits per heavy atom. The van der Waals surface area contributed by atoms with Gasteiger partial charge in [0.15, 0.2) is 0 Å². The molecule has 1 aliphatic heterocycles.